The molecule has 2 rings (SSSR count). The first kappa shape index (κ1) is 20.1. The van der Waals surface area contributed by atoms with E-state index >= 15 is 0 Å². The summed E-state index contributed by atoms with van der Waals surface area (Å²) in [4.78, 5) is 26.3. The number of nitrogens with two attached hydrogens (primary N) is 1. The van der Waals surface area contributed by atoms with Crippen LogP contribution in [-0.4, -0.2) is 57.2 Å². The third-order valence-electron chi connectivity index (χ3n) is 3.92. The van der Waals surface area contributed by atoms with Crippen LogP contribution < -0.4 is 16.7 Å². The van der Waals surface area contributed by atoms with Crippen LogP contribution in [0, 0.1) is 0 Å². The van der Waals surface area contributed by atoms with Crippen LogP contribution in [-0.2, 0) is 16.0 Å². The average Bonchev–Trinajstić information content (AvgIpc) is 2.92. The van der Waals surface area contributed by atoms with Crippen molar-refractivity contribution in [3.8, 4) is 0 Å². The summed E-state index contributed by atoms with van der Waals surface area (Å²) in [5, 5.41) is 20.6. The van der Waals surface area contributed by atoms with Crippen LogP contribution in [0.25, 0.3) is 0 Å². The van der Waals surface area contributed by atoms with E-state index in [1.165, 1.54) is 6.20 Å². The fraction of sp³-hybridized carbons (Fsp3) is 0.643. The smallest absolute Gasteiger partial charge is 0.394 e. The van der Waals surface area contributed by atoms with Crippen molar-refractivity contribution in [2.75, 3.05) is 18.9 Å². The first-order valence-electron chi connectivity index (χ1n) is 7.80. The van der Waals surface area contributed by atoms with E-state index in [0.717, 1.165) is 4.57 Å². The molecule has 2 heterocycles. The van der Waals surface area contributed by atoms with E-state index in [2.05, 4.69) is 4.98 Å². The third-order valence-corrected chi connectivity index (χ3v) is 3.92. The van der Waals surface area contributed by atoms with Gasteiger partial charge in [-0.25, -0.2) is 4.79 Å². The summed E-state index contributed by atoms with van der Waals surface area (Å²) >= 11 is 0. The number of nitrogen functional groups attached to an aromatic ring is 1. The number of halogens is 3. The van der Waals surface area contributed by atoms with Gasteiger partial charge in [0.15, 0.2) is 0 Å². The normalized spacial score (nSPS) is 23.2. The SMILES string of the molecule is Nc1nc(=O)n([C@H]2C[C@H](O)[C@@H](CO)O2)cc1CCCNC(=O)C(F)(F)F. The Labute approximate surface area is 145 Å². The Kier molecular flexibility index (Phi) is 6.21. The number of anilines is 1. The molecule has 1 aromatic heterocycles. The predicted molar refractivity (Wildman–Crippen MR) is 81.9 cm³/mol. The number of aromatic nitrogens is 2. The van der Waals surface area contributed by atoms with Gasteiger partial charge < -0.3 is 26.0 Å². The molecule has 0 unspecified atom stereocenters. The second-order valence-corrected chi connectivity index (χ2v) is 5.81. The maximum absolute atomic E-state index is 12.1. The van der Waals surface area contributed by atoms with E-state index in [0.29, 0.717) is 5.56 Å². The summed E-state index contributed by atoms with van der Waals surface area (Å²) < 4.78 is 42.8. The minimum Gasteiger partial charge on any atom is -0.394 e. The van der Waals surface area contributed by atoms with Gasteiger partial charge in [0, 0.05) is 24.7 Å². The molecule has 1 aliphatic rings. The number of hydrogen-bond donors (Lipinski definition) is 4. The summed E-state index contributed by atoms with van der Waals surface area (Å²) in [5.74, 6) is -2.11. The number of nitrogens with one attached hydrogen (secondary N) is 1. The van der Waals surface area contributed by atoms with Crippen LogP contribution in [0.15, 0.2) is 11.0 Å². The summed E-state index contributed by atoms with van der Waals surface area (Å²) in [7, 11) is 0. The van der Waals surface area contributed by atoms with Crippen molar-refractivity contribution in [3.05, 3.63) is 22.2 Å². The van der Waals surface area contributed by atoms with E-state index in [-0.39, 0.29) is 31.6 Å². The molecule has 3 atom stereocenters. The van der Waals surface area contributed by atoms with Crippen LogP contribution in [0.4, 0.5) is 19.0 Å². The summed E-state index contributed by atoms with van der Waals surface area (Å²) in [6.45, 7) is -0.650. The second kappa shape index (κ2) is 8.01. The standard InChI is InChI=1S/C14H19F3N4O5/c15-14(16,17)12(24)19-3-1-2-7-5-21(13(25)20-11(7)18)10-4-8(23)9(6-22)26-10/h5,8-10,22-23H,1-4,6H2,(H,19,24)(H2,18,20,25)/t8-,9+,10+/m0/s1. The van der Waals surface area contributed by atoms with Crippen LogP contribution in [0.2, 0.25) is 0 Å². The number of nitrogens with zero attached hydrogens (tertiary/aromatic N) is 2. The quantitative estimate of drug-likeness (QED) is 0.468. The molecule has 0 aliphatic carbocycles. The van der Waals surface area contributed by atoms with Crippen molar-refractivity contribution in [2.24, 2.45) is 0 Å². The summed E-state index contributed by atoms with van der Waals surface area (Å²) in [6.07, 6.45) is -5.84. The molecular formula is C14H19F3N4O5. The molecule has 0 radical (unpaired) electrons. The highest BCUT2D eigenvalue weighted by Gasteiger charge is 2.38. The molecular weight excluding hydrogens is 361 g/mol. The predicted octanol–water partition coefficient (Wildman–Crippen LogP) is -0.923. The second-order valence-electron chi connectivity index (χ2n) is 5.81. The molecule has 5 N–H and O–H groups in total. The molecule has 1 saturated heterocycles. The van der Waals surface area contributed by atoms with E-state index in [4.69, 9.17) is 15.6 Å². The fourth-order valence-corrected chi connectivity index (χ4v) is 2.55. The number of aliphatic hydroxyl groups excluding tert-OH is 2. The van der Waals surface area contributed by atoms with Crippen molar-refractivity contribution in [1.82, 2.24) is 14.9 Å². The van der Waals surface area contributed by atoms with Gasteiger partial charge in [0.25, 0.3) is 0 Å². The Balaban J connectivity index is 2.02. The first-order valence-corrected chi connectivity index (χ1v) is 7.80. The van der Waals surface area contributed by atoms with Gasteiger partial charge in [-0.05, 0) is 12.8 Å². The topological polar surface area (TPSA) is 140 Å². The number of hydrogen-bond acceptors (Lipinski definition) is 7. The molecule has 1 aromatic rings. The Morgan fingerprint density at radius 3 is 2.77 bits per heavy atom. The number of carbonyl (C=O) groups is 1. The average molecular weight is 380 g/mol. The van der Waals surface area contributed by atoms with Gasteiger partial charge in [0.1, 0.15) is 18.1 Å². The Bertz CT molecular complexity index is 709. The number of aliphatic hydroxyl groups is 2. The highest BCUT2D eigenvalue weighted by molar-refractivity contribution is 5.81. The molecule has 0 aromatic carbocycles. The van der Waals surface area contributed by atoms with E-state index in [9.17, 15) is 27.9 Å². The number of alkyl halides is 3. The highest BCUT2D eigenvalue weighted by Crippen LogP contribution is 2.28. The Hall–Kier alpha value is -2.18. The first-order chi connectivity index (χ1) is 12.1. The molecule has 0 spiro atoms. The number of aryl methyl sites for hydroxylation is 1. The monoisotopic (exact) mass is 380 g/mol. The maximum atomic E-state index is 12.1. The highest BCUT2D eigenvalue weighted by atomic mass is 19.4. The van der Waals surface area contributed by atoms with Gasteiger partial charge >= 0.3 is 17.8 Å². The Morgan fingerprint density at radius 1 is 1.50 bits per heavy atom. The van der Waals surface area contributed by atoms with Crippen molar-refractivity contribution in [2.45, 2.75) is 43.9 Å². The van der Waals surface area contributed by atoms with Crippen molar-refractivity contribution in [3.63, 3.8) is 0 Å². The number of carbonyl (C=O) groups excluding carboxylic acids is 1. The van der Waals surface area contributed by atoms with Crippen LogP contribution in [0.3, 0.4) is 0 Å². The van der Waals surface area contributed by atoms with Gasteiger partial charge in [-0.2, -0.15) is 18.2 Å². The lowest BCUT2D eigenvalue weighted by Gasteiger charge is -2.16. The van der Waals surface area contributed by atoms with Crippen molar-refractivity contribution in [1.29, 1.82) is 0 Å². The number of rotatable bonds is 6. The van der Waals surface area contributed by atoms with Crippen LogP contribution >= 0.6 is 0 Å². The molecule has 1 fully saturated rings. The minimum absolute atomic E-state index is 0.0673. The molecule has 0 bridgehead atoms. The molecule has 1 amide bonds. The summed E-state index contributed by atoms with van der Waals surface area (Å²) in [6, 6.07) is 0. The molecule has 1 aliphatic heterocycles. The third kappa shape index (κ3) is 4.71. The van der Waals surface area contributed by atoms with Crippen LogP contribution in [0.1, 0.15) is 24.6 Å². The van der Waals surface area contributed by atoms with Crippen LogP contribution in [0.5, 0.6) is 0 Å². The lowest BCUT2D eigenvalue weighted by molar-refractivity contribution is -0.173. The van der Waals surface area contributed by atoms with E-state index in [1.54, 1.807) is 5.32 Å². The minimum atomic E-state index is -4.95. The lowest BCUT2D eigenvalue weighted by Crippen LogP contribution is -2.37. The van der Waals surface area contributed by atoms with Crippen molar-refractivity contribution >= 4 is 11.7 Å². The van der Waals surface area contributed by atoms with E-state index in [1.807, 2.05) is 0 Å². The van der Waals surface area contributed by atoms with Gasteiger partial charge in [-0.1, -0.05) is 0 Å². The Morgan fingerprint density at radius 2 is 2.19 bits per heavy atom. The zero-order valence-corrected chi connectivity index (χ0v) is 13.6. The van der Waals surface area contributed by atoms with Gasteiger partial charge in [0.05, 0.1) is 12.7 Å². The molecule has 26 heavy (non-hydrogen) atoms. The maximum Gasteiger partial charge on any atom is 0.471 e. The lowest BCUT2D eigenvalue weighted by atomic mass is 10.1. The molecule has 0 saturated carbocycles. The number of ether oxygens (including phenoxy) is 1. The molecule has 9 nitrogen and oxygen atoms in total. The van der Waals surface area contributed by atoms with Gasteiger partial charge in [0.2, 0.25) is 0 Å². The molecule has 12 heteroatoms. The summed E-state index contributed by atoms with van der Waals surface area (Å²) in [5.41, 5.74) is 5.33. The largest absolute Gasteiger partial charge is 0.471 e. The fourth-order valence-electron chi connectivity index (χ4n) is 2.55. The molecule has 146 valence electrons. The number of amides is 1. The van der Waals surface area contributed by atoms with E-state index < -0.39 is 42.8 Å². The zero-order chi connectivity index (χ0) is 19.5. The van der Waals surface area contributed by atoms with Gasteiger partial charge in [-0.3, -0.25) is 9.36 Å². The zero-order valence-electron chi connectivity index (χ0n) is 13.6. The van der Waals surface area contributed by atoms with Crippen molar-refractivity contribution < 1.29 is 32.9 Å². The van der Waals surface area contributed by atoms with Gasteiger partial charge in [-0.15, -0.1) is 0 Å².